The van der Waals surface area contributed by atoms with Gasteiger partial charge in [0.1, 0.15) is 5.75 Å². The second-order valence-corrected chi connectivity index (χ2v) is 7.73. The monoisotopic (exact) mass is 347 g/mol. The third-order valence-electron chi connectivity index (χ3n) is 3.89. The van der Waals surface area contributed by atoms with Crippen LogP contribution in [-0.2, 0) is 4.57 Å². The van der Waals surface area contributed by atoms with Crippen LogP contribution in [0.5, 0.6) is 5.75 Å². The molecule has 24 heavy (non-hydrogen) atoms. The first kappa shape index (κ1) is 20.2. The highest BCUT2D eigenvalue weighted by molar-refractivity contribution is 7.50. The summed E-state index contributed by atoms with van der Waals surface area (Å²) in [6.45, 7) is 9.22. The average Bonchev–Trinajstić information content (AvgIpc) is 2.44. The summed E-state index contributed by atoms with van der Waals surface area (Å²) in [6.07, 6.45) is 3.98. The molecular formula is C19H26NO3P. The Morgan fingerprint density at radius 3 is 2.00 bits per heavy atom. The lowest BCUT2D eigenvalue weighted by Crippen LogP contribution is -2.05. The Labute approximate surface area is 144 Å². The fourth-order valence-electron chi connectivity index (χ4n) is 2.36. The highest BCUT2D eigenvalue weighted by Gasteiger charge is 2.06. The Balaban J connectivity index is 0.00000288. The van der Waals surface area contributed by atoms with Crippen LogP contribution in [0.3, 0.4) is 0 Å². The van der Waals surface area contributed by atoms with Crippen LogP contribution >= 0.6 is 7.60 Å². The molecule has 0 aliphatic heterocycles. The van der Waals surface area contributed by atoms with Crippen LogP contribution in [0.1, 0.15) is 33.4 Å². The van der Waals surface area contributed by atoms with E-state index in [1.807, 2.05) is 31.2 Å². The van der Waals surface area contributed by atoms with E-state index in [0.29, 0.717) is 5.75 Å². The molecule has 4 nitrogen and oxygen atoms in total. The lowest BCUT2D eigenvalue weighted by molar-refractivity contribution is -0.188. The van der Waals surface area contributed by atoms with Crippen LogP contribution in [0, 0.1) is 27.7 Å². The normalized spacial score (nSPS) is 13.4. The topological polar surface area (TPSA) is 85.9 Å². The van der Waals surface area contributed by atoms with Crippen molar-refractivity contribution in [3.63, 3.8) is 0 Å². The number of hydrogen-bond donors (Lipinski definition) is 1. The molecule has 2 rings (SSSR count). The van der Waals surface area contributed by atoms with Gasteiger partial charge in [-0.1, -0.05) is 36.4 Å². The van der Waals surface area contributed by atoms with E-state index in [0.717, 1.165) is 23.4 Å². The number of hydrogen-bond acceptors (Lipinski definition) is 3. The van der Waals surface area contributed by atoms with Crippen molar-refractivity contribution in [2.24, 2.45) is 0 Å². The van der Waals surface area contributed by atoms with Crippen molar-refractivity contribution >= 4 is 19.7 Å². The van der Waals surface area contributed by atoms with Gasteiger partial charge in [-0.05, 0) is 67.1 Å². The second-order valence-electron chi connectivity index (χ2n) is 6.00. The van der Waals surface area contributed by atoms with Crippen molar-refractivity contribution in [3.8, 4) is 5.75 Å². The molecule has 2 aromatic rings. The first-order valence-electron chi connectivity index (χ1n) is 7.50. The van der Waals surface area contributed by atoms with Gasteiger partial charge in [-0.3, -0.25) is 4.57 Å². The van der Waals surface area contributed by atoms with Crippen LogP contribution in [-0.4, -0.2) is 6.66 Å². The van der Waals surface area contributed by atoms with E-state index in [1.54, 1.807) is 6.07 Å². The summed E-state index contributed by atoms with van der Waals surface area (Å²) in [6, 6.07) is 9.83. The van der Waals surface area contributed by atoms with Crippen LogP contribution in [0.25, 0.3) is 12.2 Å². The maximum atomic E-state index is 11.3. The van der Waals surface area contributed by atoms with Crippen LogP contribution in [0.15, 0.2) is 30.3 Å². The standard InChI is InChI=1S/C19H23O3P.H3N/c1-13-6-7-17(12-19(13)22-23(5,20)21)8-9-18-10-14(2)16(4)15(3)11-18;/h6-12H,1-5H3,(H,20,21);1H3/b9-8-;. The molecule has 0 radical (unpaired) electrons. The molecule has 0 spiro atoms. The molecule has 4 N–H and O–H groups in total. The van der Waals surface area contributed by atoms with E-state index in [9.17, 15) is 9.46 Å². The Morgan fingerprint density at radius 2 is 1.46 bits per heavy atom. The van der Waals surface area contributed by atoms with Crippen molar-refractivity contribution < 1.29 is 14.0 Å². The molecule has 0 saturated heterocycles. The lowest BCUT2D eigenvalue weighted by Gasteiger charge is -2.20. The quantitative estimate of drug-likeness (QED) is 0.622. The molecule has 0 bridgehead atoms. The van der Waals surface area contributed by atoms with E-state index in [-0.39, 0.29) is 6.15 Å². The molecule has 2 aromatic carbocycles. The largest absolute Gasteiger partial charge is 0.769 e. The van der Waals surface area contributed by atoms with Crippen LogP contribution in [0.2, 0.25) is 0 Å². The number of aryl methyl sites for hydroxylation is 3. The summed E-state index contributed by atoms with van der Waals surface area (Å²) in [5.74, 6) is 0.379. The highest BCUT2D eigenvalue weighted by Crippen LogP contribution is 2.36. The maximum absolute atomic E-state index is 11.3. The van der Waals surface area contributed by atoms with Crippen LogP contribution < -0.4 is 15.6 Å². The number of benzene rings is 2. The van der Waals surface area contributed by atoms with Gasteiger partial charge in [-0.25, -0.2) is 0 Å². The molecule has 0 aliphatic rings. The van der Waals surface area contributed by atoms with Gasteiger partial charge < -0.3 is 15.6 Å². The lowest BCUT2D eigenvalue weighted by atomic mass is 10.00. The first-order chi connectivity index (χ1) is 10.7. The molecule has 0 heterocycles. The molecule has 0 aliphatic carbocycles. The molecule has 0 amide bonds. The van der Waals surface area contributed by atoms with Crippen molar-refractivity contribution in [2.45, 2.75) is 27.7 Å². The molecular weight excluding hydrogens is 321 g/mol. The third-order valence-corrected chi connectivity index (χ3v) is 4.42. The van der Waals surface area contributed by atoms with E-state index in [1.165, 1.54) is 16.7 Å². The van der Waals surface area contributed by atoms with Crippen LogP contribution in [0.4, 0.5) is 0 Å². The second kappa shape index (κ2) is 7.80. The fraction of sp³-hybridized carbons (Fsp3) is 0.263. The van der Waals surface area contributed by atoms with Crippen molar-refractivity contribution in [1.82, 2.24) is 6.15 Å². The minimum Gasteiger partial charge on any atom is -0.769 e. The first-order valence-corrected chi connectivity index (χ1v) is 9.49. The zero-order chi connectivity index (χ0) is 17.2. The Hall–Kier alpha value is -1.87. The molecule has 130 valence electrons. The van der Waals surface area contributed by atoms with Gasteiger partial charge in [0.15, 0.2) is 7.60 Å². The third kappa shape index (κ3) is 5.34. The smallest absolute Gasteiger partial charge is 0.181 e. The predicted octanol–water partition coefficient (Wildman–Crippen LogP) is 5.03. The van der Waals surface area contributed by atoms with E-state index in [4.69, 9.17) is 4.52 Å². The fourth-order valence-corrected chi connectivity index (χ4v) is 2.91. The van der Waals surface area contributed by atoms with Gasteiger partial charge in [-0.2, -0.15) is 0 Å². The summed E-state index contributed by atoms with van der Waals surface area (Å²) in [7, 11) is -3.80. The Bertz CT molecular complexity index is 783. The minimum atomic E-state index is -3.80. The number of quaternary nitrogens is 1. The van der Waals surface area contributed by atoms with E-state index < -0.39 is 7.60 Å². The zero-order valence-corrected chi connectivity index (χ0v) is 16.1. The average molecular weight is 347 g/mol. The Morgan fingerprint density at radius 1 is 0.917 bits per heavy atom. The van der Waals surface area contributed by atoms with Gasteiger partial charge in [0.2, 0.25) is 0 Å². The van der Waals surface area contributed by atoms with E-state index >= 15 is 0 Å². The molecule has 0 aromatic heterocycles. The molecule has 5 heteroatoms. The summed E-state index contributed by atoms with van der Waals surface area (Å²) in [5.41, 5.74) is 6.64. The van der Waals surface area contributed by atoms with Gasteiger partial charge in [0, 0.05) is 6.66 Å². The SMILES string of the molecule is Cc1ccc(/C=C\c2cc(C)c(C)c(C)c2)cc1OP(C)(=O)[O-].[NH4+]. The number of rotatable bonds is 4. The van der Waals surface area contributed by atoms with E-state index in [2.05, 4.69) is 32.9 Å². The van der Waals surface area contributed by atoms with Crippen molar-refractivity contribution in [1.29, 1.82) is 0 Å². The molecule has 1 unspecified atom stereocenters. The van der Waals surface area contributed by atoms with Gasteiger partial charge in [0.05, 0.1) is 0 Å². The molecule has 1 atom stereocenters. The summed E-state index contributed by atoms with van der Waals surface area (Å²) >= 11 is 0. The minimum absolute atomic E-state index is 0. The van der Waals surface area contributed by atoms with Gasteiger partial charge in [-0.15, -0.1) is 0 Å². The summed E-state index contributed by atoms with van der Waals surface area (Å²) in [5, 5.41) is 0. The van der Waals surface area contributed by atoms with Crippen molar-refractivity contribution in [3.05, 3.63) is 63.7 Å². The summed E-state index contributed by atoms with van der Waals surface area (Å²) < 4.78 is 16.4. The molecule has 0 saturated carbocycles. The Kier molecular flexibility index (Phi) is 6.56. The highest BCUT2D eigenvalue weighted by atomic mass is 31.2. The predicted molar refractivity (Wildman–Crippen MR) is 101 cm³/mol. The van der Waals surface area contributed by atoms with Gasteiger partial charge in [0.25, 0.3) is 0 Å². The zero-order valence-electron chi connectivity index (χ0n) is 15.2. The van der Waals surface area contributed by atoms with Crippen molar-refractivity contribution in [2.75, 3.05) is 6.66 Å². The summed E-state index contributed by atoms with van der Waals surface area (Å²) in [4.78, 5) is 11.3. The maximum Gasteiger partial charge on any atom is 0.181 e. The van der Waals surface area contributed by atoms with Gasteiger partial charge >= 0.3 is 0 Å². The molecule has 0 fully saturated rings.